The molecule has 1 fully saturated rings. The van der Waals surface area contributed by atoms with Gasteiger partial charge >= 0.3 is 0 Å². The van der Waals surface area contributed by atoms with Crippen molar-refractivity contribution in [3.8, 4) is 11.5 Å². The third-order valence-electron chi connectivity index (χ3n) is 3.75. The summed E-state index contributed by atoms with van der Waals surface area (Å²) in [6.45, 7) is 0. The van der Waals surface area contributed by atoms with Crippen LogP contribution in [-0.4, -0.2) is 14.2 Å². The van der Waals surface area contributed by atoms with Gasteiger partial charge in [-0.2, -0.15) is 0 Å². The minimum Gasteiger partial charge on any atom is -0.493 e. The Kier molecular flexibility index (Phi) is 3.76. The van der Waals surface area contributed by atoms with Crippen molar-refractivity contribution in [2.75, 3.05) is 14.2 Å². The SMILES string of the molecule is COc1cc(C2(N)CCCCC2)cc(F)c1OC. The van der Waals surface area contributed by atoms with Crippen molar-refractivity contribution in [1.82, 2.24) is 0 Å². The van der Waals surface area contributed by atoms with Gasteiger partial charge in [0, 0.05) is 5.54 Å². The third kappa shape index (κ3) is 2.29. The van der Waals surface area contributed by atoms with Crippen LogP contribution in [0.2, 0.25) is 0 Å². The Morgan fingerprint density at radius 3 is 2.33 bits per heavy atom. The van der Waals surface area contributed by atoms with Crippen LogP contribution in [0.5, 0.6) is 11.5 Å². The lowest BCUT2D eigenvalue weighted by Gasteiger charge is -2.34. The molecule has 3 nitrogen and oxygen atoms in total. The Bertz CT molecular complexity index is 428. The monoisotopic (exact) mass is 253 g/mol. The highest BCUT2D eigenvalue weighted by molar-refractivity contribution is 5.46. The van der Waals surface area contributed by atoms with Gasteiger partial charge in [-0.25, -0.2) is 4.39 Å². The fourth-order valence-corrected chi connectivity index (χ4v) is 2.68. The molecule has 1 aromatic rings. The standard InChI is InChI=1S/C14H20FNO2/c1-17-12-9-10(8-11(15)13(12)18-2)14(16)6-4-3-5-7-14/h8-9H,3-7,16H2,1-2H3. The summed E-state index contributed by atoms with van der Waals surface area (Å²) in [5.41, 5.74) is 6.77. The Labute approximate surface area is 107 Å². The van der Waals surface area contributed by atoms with E-state index in [0.29, 0.717) is 5.75 Å². The Hall–Kier alpha value is -1.29. The molecule has 0 atom stereocenters. The van der Waals surface area contributed by atoms with Gasteiger partial charge in [0.2, 0.25) is 0 Å². The highest BCUT2D eigenvalue weighted by Gasteiger charge is 2.31. The van der Waals surface area contributed by atoms with Gasteiger partial charge in [-0.05, 0) is 30.5 Å². The van der Waals surface area contributed by atoms with Crippen LogP contribution < -0.4 is 15.2 Å². The molecule has 100 valence electrons. The summed E-state index contributed by atoms with van der Waals surface area (Å²) in [6.07, 6.45) is 5.16. The van der Waals surface area contributed by atoms with Crippen LogP contribution in [0.1, 0.15) is 37.7 Å². The maximum atomic E-state index is 14.0. The number of hydrogen-bond donors (Lipinski definition) is 1. The van der Waals surface area contributed by atoms with Crippen LogP contribution in [0.4, 0.5) is 4.39 Å². The summed E-state index contributed by atoms with van der Waals surface area (Å²) in [4.78, 5) is 0. The predicted octanol–water partition coefficient (Wildman–Crippen LogP) is 2.96. The summed E-state index contributed by atoms with van der Waals surface area (Å²) in [5, 5.41) is 0. The predicted molar refractivity (Wildman–Crippen MR) is 68.5 cm³/mol. The van der Waals surface area contributed by atoms with E-state index in [0.717, 1.165) is 31.2 Å². The smallest absolute Gasteiger partial charge is 0.196 e. The Morgan fingerprint density at radius 1 is 1.11 bits per heavy atom. The van der Waals surface area contributed by atoms with E-state index < -0.39 is 11.4 Å². The molecule has 4 heteroatoms. The lowest BCUT2D eigenvalue weighted by atomic mass is 9.77. The minimum absolute atomic E-state index is 0.139. The van der Waals surface area contributed by atoms with E-state index in [1.165, 1.54) is 26.7 Å². The molecule has 1 aliphatic rings. The molecule has 1 aromatic carbocycles. The van der Waals surface area contributed by atoms with Crippen LogP contribution in [0.3, 0.4) is 0 Å². The van der Waals surface area contributed by atoms with Crippen LogP contribution in [0.15, 0.2) is 12.1 Å². The first kappa shape index (κ1) is 13.1. The van der Waals surface area contributed by atoms with Crippen LogP contribution in [-0.2, 0) is 5.54 Å². The van der Waals surface area contributed by atoms with Gasteiger partial charge in [0.1, 0.15) is 0 Å². The lowest BCUT2D eigenvalue weighted by Crippen LogP contribution is -2.38. The van der Waals surface area contributed by atoms with E-state index in [1.54, 1.807) is 6.07 Å². The molecule has 0 bridgehead atoms. The van der Waals surface area contributed by atoms with Gasteiger partial charge < -0.3 is 15.2 Å². The molecular weight excluding hydrogens is 233 g/mol. The molecule has 1 saturated carbocycles. The van der Waals surface area contributed by atoms with Gasteiger partial charge in [-0.3, -0.25) is 0 Å². The number of hydrogen-bond acceptors (Lipinski definition) is 3. The Morgan fingerprint density at radius 2 is 1.78 bits per heavy atom. The largest absolute Gasteiger partial charge is 0.493 e. The molecule has 2 rings (SSSR count). The Balaban J connectivity index is 2.42. The molecule has 0 saturated heterocycles. The van der Waals surface area contributed by atoms with Crippen molar-refractivity contribution < 1.29 is 13.9 Å². The zero-order valence-electron chi connectivity index (χ0n) is 11.0. The lowest BCUT2D eigenvalue weighted by molar-refractivity contribution is 0.295. The summed E-state index contributed by atoms with van der Waals surface area (Å²) < 4.78 is 24.1. The number of rotatable bonds is 3. The van der Waals surface area contributed by atoms with Gasteiger partial charge in [0.25, 0.3) is 0 Å². The van der Waals surface area contributed by atoms with E-state index in [1.807, 2.05) is 0 Å². The first-order chi connectivity index (χ1) is 8.60. The first-order valence-electron chi connectivity index (χ1n) is 6.31. The fraction of sp³-hybridized carbons (Fsp3) is 0.571. The van der Waals surface area contributed by atoms with Gasteiger partial charge in [0.05, 0.1) is 14.2 Å². The number of ether oxygens (including phenoxy) is 2. The number of methoxy groups -OCH3 is 2. The highest BCUT2D eigenvalue weighted by atomic mass is 19.1. The zero-order chi connectivity index (χ0) is 13.2. The molecule has 0 heterocycles. The average Bonchev–Trinajstić information content (AvgIpc) is 2.38. The summed E-state index contributed by atoms with van der Waals surface area (Å²) >= 11 is 0. The molecule has 0 unspecified atom stereocenters. The van der Waals surface area contributed by atoms with Crippen LogP contribution in [0, 0.1) is 5.82 Å². The van der Waals surface area contributed by atoms with E-state index >= 15 is 0 Å². The van der Waals surface area contributed by atoms with Crippen molar-refractivity contribution in [2.24, 2.45) is 5.73 Å². The maximum absolute atomic E-state index is 14.0. The summed E-state index contributed by atoms with van der Waals surface area (Å²) in [5.74, 6) is 0.130. The van der Waals surface area contributed by atoms with Gasteiger partial charge in [-0.15, -0.1) is 0 Å². The minimum atomic E-state index is -0.432. The van der Waals surface area contributed by atoms with E-state index in [2.05, 4.69) is 0 Å². The molecule has 0 aliphatic heterocycles. The molecule has 0 amide bonds. The molecule has 0 aromatic heterocycles. The second-order valence-corrected chi connectivity index (χ2v) is 4.91. The quantitative estimate of drug-likeness (QED) is 0.900. The molecule has 1 aliphatic carbocycles. The van der Waals surface area contributed by atoms with Crippen molar-refractivity contribution >= 4 is 0 Å². The molecule has 18 heavy (non-hydrogen) atoms. The normalized spacial score (nSPS) is 18.4. The summed E-state index contributed by atoms with van der Waals surface area (Å²) in [7, 11) is 2.94. The van der Waals surface area contributed by atoms with E-state index in [-0.39, 0.29) is 5.75 Å². The molecule has 2 N–H and O–H groups in total. The van der Waals surface area contributed by atoms with Crippen molar-refractivity contribution in [1.29, 1.82) is 0 Å². The van der Waals surface area contributed by atoms with Crippen molar-refractivity contribution in [3.63, 3.8) is 0 Å². The fourth-order valence-electron chi connectivity index (χ4n) is 2.68. The molecular formula is C14H20FNO2. The first-order valence-corrected chi connectivity index (χ1v) is 6.31. The van der Waals surface area contributed by atoms with E-state index in [4.69, 9.17) is 15.2 Å². The van der Waals surface area contributed by atoms with Gasteiger partial charge in [-0.1, -0.05) is 19.3 Å². The van der Waals surface area contributed by atoms with Gasteiger partial charge in [0.15, 0.2) is 17.3 Å². The zero-order valence-corrected chi connectivity index (χ0v) is 11.0. The molecule has 0 spiro atoms. The highest BCUT2D eigenvalue weighted by Crippen LogP contribution is 2.40. The number of nitrogens with two attached hydrogens (primary N) is 1. The third-order valence-corrected chi connectivity index (χ3v) is 3.75. The van der Waals surface area contributed by atoms with Crippen LogP contribution >= 0.6 is 0 Å². The van der Waals surface area contributed by atoms with E-state index in [9.17, 15) is 4.39 Å². The topological polar surface area (TPSA) is 44.5 Å². The van der Waals surface area contributed by atoms with Crippen molar-refractivity contribution in [3.05, 3.63) is 23.5 Å². The maximum Gasteiger partial charge on any atom is 0.196 e. The number of benzene rings is 1. The van der Waals surface area contributed by atoms with Crippen LogP contribution in [0.25, 0.3) is 0 Å². The van der Waals surface area contributed by atoms with Crippen molar-refractivity contribution in [2.45, 2.75) is 37.6 Å². The second-order valence-electron chi connectivity index (χ2n) is 4.91. The number of halogens is 1. The summed E-state index contributed by atoms with van der Waals surface area (Å²) in [6, 6.07) is 3.28. The second kappa shape index (κ2) is 5.14. The average molecular weight is 253 g/mol. The molecule has 0 radical (unpaired) electrons.